The Morgan fingerprint density at radius 2 is 0.559 bits per heavy atom. The van der Waals surface area contributed by atoms with Crippen LogP contribution < -0.4 is 0 Å². The van der Waals surface area contributed by atoms with E-state index in [0.717, 1.165) is 64.2 Å². The molecule has 0 fully saturated rings. The van der Waals surface area contributed by atoms with Gasteiger partial charge < -0.3 is 28.5 Å². The van der Waals surface area contributed by atoms with Crippen molar-refractivity contribution in [3.8, 4) is 0 Å². The molecule has 1 N–H and O–H groups in total. The molecular weight excluding hydrogens is 1260 g/mol. The number of esters is 2. The van der Waals surface area contributed by atoms with Crippen molar-refractivity contribution < 1.29 is 42.9 Å². The quantitative estimate of drug-likeness (QED) is 0.0211. The largest absolute Gasteiger partial charge is 0.477 e. The number of quaternary nitrogens is 1. The van der Waals surface area contributed by atoms with Crippen molar-refractivity contribution >= 4 is 17.9 Å². The van der Waals surface area contributed by atoms with E-state index in [1.807, 2.05) is 21.1 Å². The van der Waals surface area contributed by atoms with E-state index < -0.39 is 18.4 Å². The number of hydrogen-bond donors (Lipinski definition) is 1. The minimum absolute atomic E-state index is 0.174. The smallest absolute Gasteiger partial charge is 0.361 e. The van der Waals surface area contributed by atoms with E-state index >= 15 is 0 Å². The molecule has 0 aromatic heterocycles. The van der Waals surface area contributed by atoms with Gasteiger partial charge in [-0.15, -0.1) is 0 Å². The molecule has 0 saturated heterocycles. The van der Waals surface area contributed by atoms with Gasteiger partial charge >= 0.3 is 17.9 Å². The predicted octanol–water partition coefficient (Wildman–Crippen LogP) is 29.6. The maximum Gasteiger partial charge on any atom is 0.361 e. The number of nitrogens with zero attached hydrogens (tertiary/aromatic N) is 1. The number of carbonyl (C=O) groups excluding carboxylic acids is 2. The van der Waals surface area contributed by atoms with Crippen molar-refractivity contribution in [3.05, 3.63) is 48.6 Å². The first-order valence-electron chi connectivity index (χ1n) is 45.3. The second kappa shape index (κ2) is 83.9. The lowest BCUT2D eigenvalue weighted by atomic mass is 10.0. The monoisotopic (exact) mass is 1440 g/mol. The SMILES string of the molecule is CC/C=C\C/C=C\C/C=C\C/C=C\CCCCCCCCCCCCCCCCCCCCCCCCCCCCC(=O)OC(COC(=O)CCCCCCCCCCCCCCCCCCCCCCCCCCCCCCCCCCCCCCCC)COC(OCC[N+](C)(C)C)C(=O)O. The molecule has 9 nitrogen and oxygen atoms in total. The van der Waals surface area contributed by atoms with Gasteiger partial charge in [-0.3, -0.25) is 9.59 Å². The molecule has 0 radical (unpaired) electrons. The third-order valence-corrected chi connectivity index (χ3v) is 20.8. The summed E-state index contributed by atoms with van der Waals surface area (Å²) in [6.07, 6.45) is 109. The maximum absolute atomic E-state index is 13.0. The molecule has 0 bridgehead atoms. The Bertz CT molecular complexity index is 1820. The molecule has 0 heterocycles. The predicted molar refractivity (Wildman–Crippen MR) is 443 cm³/mol. The van der Waals surface area contributed by atoms with Crippen LogP contribution in [0.2, 0.25) is 0 Å². The third-order valence-electron chi connectivity index (χ3n) is 20.8. The first-order valence-corrected chi connectivity index (χ1v) is 45.3. The van der Waals surface area contributed by atoms with Gasteiger partial charge in [0.05, 0.1) is 34.4 Å². The van der Waals surface area contributed by atoms with Crippen LogP contribution in [-0.2, 0) is 33.3 Å². The number of carboxylic acid groups (broad SMARTS) is 1. The highest BCUT2D eigenvalue weighted by Crippen LogP contribution is 2.21. The Balaban J connectivity index is 3.88. The summed E-state index contributed by atoms with van der Waals surface area (Å²) in [7, 11) is 6.01. The minimum Gasteiger partial charge on any atom is -0.477 e. The van der Waals surface area contributed by atoms with E-state index in [-0.39, 0.29) is 38.2 Å². The van der Waals surface area contributed by atoms with Gasteiger partial charge in [-0.25, -0.2) is 4.79 Å². The summed E-state index contributed by atoms with van der Waals surface area (Å²) in [6.45, 7) is 4.86. The van der Waals surface area contributed by atoms with Crippen LogP contribution in [0.4, 0.5) is 0 Å². The van der Waals surface area contributed by atoms with Gasteiger partial charge in [0.2, 0.25) is 0 Å². The molecule has 2 atom stereocenters. The Morgan fingerprint density at radius 1 is 0.304 bits per heavy atom. The van der Waals surface area contributed by atoms with Crippen molar-refractivity contribution in [2.45, 2.75) is 482 Å². The normalized spacial score (nSPS) is 12.8. The summed E-state index contributed by atoms with van der Waals surface area (Å²) < 4.78 is 23.1. The van der Waals surface area contributed by atoms with E-state index in [1.165, 1.54) is 379 Å². The average Bonchev–Trinajstić information content (AvgIpc) is 0.997. The van der Waals surface area contributed by atoms with E-state index in [9.17, 15) is 19.5 Å². The zero-order chi connectivity index (χ0) is 73.9. The van der Waals surface area contributed by atoms with Crippen LogP contribution in [0.1, 0.15) is 470 Å². The highest BCUT2D eigenvalue weighted by Gasteiger charge is 2.25. The molecular formula is C93H176NO8+. The van der Waals surface area contributed by atoms with Crippen LogP contribution in [-0.4, -0.2) is 87.4 Å². The molecule has 0 aromatic rings. The van der Waals surface area contributed by atoms with Gasteiger partial charge in [0.25, 0.3) is 6.29 Å². The van der Waals surface area contributed by atoms with Gasteiger partial charge in [-0.05, 0) is 51.4 Å². The lowest BCUT2D eigenvalue weighted by Gasteiger charge is -2.25. The number of rotatable bonds is 86. The van der Waals surface area contributed by atoms with E-state index in [0.29, 0.717) is 17.4 Å². The maximum atomic E-state index is 13.0. The number of carboxylic acids is 1. The summed E-state index contributed by atoms with van der Waals surface area (Å²) in [5.74, 6) is -1.96. The summed E-state index contributed by atoms with van der Waals surface area (Å²) in [5, 5.41) is 9.80. The van der Waals surface area contributed by atoms with E-state index in [1.54, 1.807) is 0 Å². The number of hydrogen-bond acceptors (Lipinski definition) is 7. The second-order valence-corrected chi connectivity index (χ2v) is 32.2. The fourth-order valence-corrected chi connectivity index (χ4v) is 14.0. The molecule has 0 spiro atoms. The van der Waals surface area contributed by atoms with Crippen LogP contribution in [0, 0.1) is 0 Å². The molecule has 0 rings (SSSR count). The van der Waals surface area contributed by atoms with Gasteiger partial charge in [0, 0.05) is 12.8 Å². The molecule has 0 aliphatic rings. The Labute approximate surface area is 635 Å². The first kappa shape index (κ1) is 99.2. The van der Waals surface area contributed by atoms with Crippen molar-refractivity contribution in [2.24, 2.45) is 0 Å². The number of allylic oxidation sites excluding steroid dienone is 8. The summed E-state index contributed by atoms with van der Waals surface area (Å²) in [6, 6.07) is 0. The average molecular weight is 1440 g/mol. The molecule has 0 aromatic carbocycles. The Hall–Kier alpha value is -2.75. The summed E-state index contributed by atoms with van der Waals surface area (Å²) in [4.78, 5) is 37.8. The van der Waals surface area contributed by atoms with Crippen LogP contribution >= 0.6 is 0 Å². The standard InChI is InChI=1S/C93H175NO8/c1-6-8-10-12-14-16-18-20-22-24-26-28-30-32-34-36-38-40-42-44-46-48-50-52-54-56-58-60-62-64-66-68-70-72-74-76-78-80-82-84-91(96)102-89(88-101-93(92(97)98)99-86-85-94(3,4)5)87-100-90(95)83-81-79-77-75-73-71-69-67-65-63-61-59-57-55-53-51-49-47-45-43-41-39-37-35-33-31-29-27-25-23-21-19-17-15-13-11-9-7-2/h8,10,14,16,20,22,26,28,89,93H,6-7,9,11-13,15,17-19,21,23-25,27,29-88H2,1-5H3/p+1/b10-8-,16-14-,22-20-,28-26-. The van der Waals surface area contributed by atoms with Crippen LogP contribution in [0.5, 0.6) is 0 Å². The highest BCUT2D eigenvalue weighted by molar-refractivity contribution is 5.71. The molecule has 0 aliphatic heterocycles. The fourth-order valence-electron chi connectivity index (χ4n) is 14.0. The third kappa shape index (κ3) is 84.5. The second-order valence-electron chi connectivity index (χ2n) is 32.2. The minimum atomic E-state index is -1.51. The molecule has 0 aliphatic carbocycles. The molecule has 2 unspecified atom stereocenters. The Morgan fingerprint density at radius 3 is 0.833 bits per heavy atom. The number of carbonyl (C=O) groups is 3. The van der Waals surface area contributed by atoms with E-state index in [2.05, 4.69) is 62.5 Å². The van der Waals surface area contributed by atoms with Crippen molar-refractivity contribution in [1.82, 2.24) is 0 Å². The topological polar surface area (TPSA) is 108 Å². The first-order chi connectivity index (χ1) is 50.1. The molecule has 0 amide bonds. The van der Waals surface area contributed by atoms with Crippen LogP contribution in [0.15, 0.2) is 48.6 Å². The zero-order valence-electron chi connectivity index (χ0n) is 69.1. The van der Waals surface area contributed by atoms with Crippen molar-refractivity contribution in [1.29, 1.82) is 0 Å². The van der Waals surface area contributed by atoms with Gasteiger partial charge in [-0.2, -0.15) is 0 Å². The molecule has 102 heavy (non-hydrogen) atoms. The fraction of sp³-hybridized carbons (Fsp3) is 0.882. The molecule has 600 valence electrons. The van der Waals surface area contributed by atoms with Crippen molar-refractivity contribution in [3.63, 3.8) is 0 Å². The molecule has 0 saturated carbocycles. The molecule has 9 heteroatoms. The zero-order valence-corrected chi connectivity index (χ0v) is 69.1. The number of ether oxygens (including phenoxy) is 4. The van der Waals surface area contributed by atoms with Crippen molar-refractivity contribution in [2.75, 3.05) is 47.5 Å². The van der Waals surface area contributed by atoms with Gasteiger partial charge in [0.1, 0.15) is 13.2 Å². The number of likely N-dealkylation sites (N-methyl/N-ethyl adjacent to an activating group) is 1. The number of aliphatic carboxylic acids is 1. The Kier molecular flexibility index (Phi) is 81.6. The lowest BCUT2D eigenvalue weighted by molar-refractivity contribution is -0.870. The summed E-state index contributed by atoms with van der Waals surface area (Å²) in [5.41, 5.74) is 0. The summed E-state index contributed by atoms with van der Waals surface area (Å²) >= 11 is 0. The lowest BCUT2D eigenvalue weighted by Crippen LogP contribution is -2.40. The van der Waals surface area contributed by atoms with Gasteiger partial charge in [0.15, 0.2) is 6.10 Å². The van der Waals surface area contributed by atoms with Crippen LogP contribution in [0.25, 0.3) is 0 Å². The highest BCUT2D eigenvalue weighted by atomic mass is 16.7. The number of unbranched alkanes of at least 4 members (excludes halogenated alkanes) is 63. The van der Waals surface area contributed by atoms with Crippen LogP contribution in [0.3, 0.4) is 0 Å². The van der Waals surface area contributed by atoms with Gasteiger partial charge in [-0.1, -0.05) is 454 Å². The van der Waals surface area contributed by atoms with E-state index in [4.69, 9.17) is 18.9 Å².